The third kappa shape index (κ3) is 13.3. The lowest BCUT2D eigenvalue weighted by Crippen LogP contribution is -2.43. The zero-order valence-electron chi connectivity index (χ0n) is 44.6. The second kappa shape index (κ2) is 24.8. The van der Waals surface area contributed by atoms with Crippen molar-refractivity contribution >= 4 is 39.7 Å². The van der Waals surface area contributed by atoms with Crippen molar-refractivity contribution < 1.29 is 65.7 Å². The fourth-order valence-electron chi connectivity index (χ4n) is 9.77. The van der Waals surface area contributed by atoms with Gasteiger partial charge in [0.2, 0.25) is 0 Å². The molecule has 0 aliphatic carbocycles. The number of ketones is 1. The maximum absolute atomic E-state index is 15.8. The van der Waals surface area contributed by atoms with E-state index in [0.29, 0.717) is 36.2 Å². The van der Waals surface area contributed by atoms with E-state index in [4.69, 9.17) is 57.4 Å². The highest BCUT2D eigenvalue weighted by Crippen LogP contribution is 2.58. The van der Waals surface area contributed by atoms with Gasteiger partial charge in [0.05, 0.1) is 72.4 Å². The smallest absolute Gasteiger partial charge is 0.475 e. The molecule has 0 spiro atoms. The maximum atomic E-state index is 15.8. The van der Waals surface area contributed by atoms with Gasteiger partial charge in [-0.05, 0) is 78.5 Å². The Morgan fingerprint density at radius 3 is 2.23 bits per heavy atom. The number of ether oxygens (including phenoxy) is 7. The first-order valence-corrected chi connectivity index (χ1v) is 30.1. The number of phosphoric acid groups is 1. The number of methoxy groups -OCH3 is 2. The van der Waals surface area contributed by atoms with E-state index < -0.39 is 82.1 Å². The topological polar surface area (TPSA) is 259 Å². The molecule has 0 radical (unpaired) electrons. The van der Waals surface area contributed by atoms with Crippen LogP contribution in [0, 0.1) is 17.2 Å². The predicted molar refractivity (Wildman–Crippen MR) is 284 cm³/mol. The Bertz CT molecular complexity index is 2760. The van der Waals surface area contributed by atoms with Gasteiger partial charge in [-0.15, -0.1) is 0 Å². The molecule has 4 N–H and O–H groups in total. The van der Waals surface area contributed by atoms with E-state index in [2.05, 4.69) is 10.3 Å². The van der Waals surface area contributed by atoms with E-state index in [0.717, 1.165) is 16.7 Å². The summed E-state index contributed by atoms with van der Waals surface area (Å²) in [4.78, 5) is 48.1. The van der Waals surface area contributed by atoms with Crippen molar-refractivity contribution in [3.63, 3.8) is 0 Å². The Labute approximate surface area is 450 Å². The zero-order valence-corrected chi connectivity index (χ0v) is 46.5. The van der Waals surface area contributed by atoms with Gasteiger partial charge < -0.3 is 58.7 Å². The van der Waals surface area contributed by atoms with Gasteiger partial charge in [-0.25, -0.2) is 9.55 Å². The van der Waals surface area contributed by atoms with Crippen molar-refractivity contribution in [2.24, 2.45) is 16.6 Å². The quantitative estimate of drug-likeness (QED) is 0.0191. The van der Waals surface area contributed by atoms with Crippen molar-refractivity contribution in [3.05, 3.63) is 120 Å². The van der Waals surface area contributed by atoms with Crippen molar-refractivity contribution in [1.29, 1.82) is 5.26 Å². The minimum atomic E-state index is -4.83. The van der Waals surface area contributed by atoms with Gasteiger partial charge in [0.25, 0.3) is 0 Å². The first-order chi connectivity index (χ1) is 36.9. The van der Waals surface area contributed by atoms with Gasteiger partial charge >= 0.3 is 13.8 Å². The number of nitrogens with one attached hydrogen (secondary N) is 1. The molecule has 1 aromatic heterocycles. The molecule has 5 heterocycles. The van der Waals surface area contributed by atoms with Crippen LogP contribution in [0.2, 0.25) is 18.1 Å². The lowest BCUT2D eigenvalue weighted by Gasteiger charge is -2.40. The first-order valence-electron chi connectivity index (χ1n) is 25.7. The number of carbonyl (C=O) groups excluding carboxylic acids is 2. The van der Waals surface area contributed by atoms with Crippen LogP contribution in [0.5, 0.6) is 11.5 Å². The predicted octanol–water partition coefficient (Wildman–Crippen LogP) is 7.48. The number of aliphatic imine (C=N–C) groups is 1. The van der Waals surface area contributed by atoms with Crippen LogP contribution in [0.15, 0.2) is 102 Å². The number of benzene rings is 3. The molecular formula is C54H70N7O14PSi. The third-order valence-corrected chi connectivity index (χ3v) is 19.6. The van der Waals surface area contributed by atoms with Gasteiger partial charge in [0.1, 0.15) is 72.2 Å². The van der Waals surface area contributed by atoms with Crippen LogP contribution in [0.25, 0.3) is 0 Å². The highest BCUT2D eigenvalue weighted by molar-refractivity contribution is 7.48. The number of nitrogens with zero attached hydrogens (tertiary/aromatic N) is 5. The molecule has 4 aliphatic heterocycles. The number of aromatic nitrogens is 2. The molecule has 2 unspecified atom stereocenters. The number of fused-ring (bicyclic) bond motifs is 1. The minimum Gasteiger partial charge on any atom is -0.497 e. The Balaban J connectivity index is 1.23. The Morgan fingerprint density at radius 1 is 0.948 bits per heavy atom. The van der Waals surface area contributed by atoms with Gasteiger partial charge in [-0.1, -0.05) is 68.4 Å². The number of guanidine groups is 1. The number of esters is 1. The number of rotatable bonds is 25. The van der Waals surface area contributed by atoms with Gasteiger partial charge in [-0.3, -0.25) is 22.9 Å². The number of hydrogen-bond acceptors (Lipinski definition) is 20. The van der Waals surface area contributed by atoms with E-state index in [1.165, 1.54) is 6.92 Å². The average Bonchev–Trinajstić information content (AvgIpc) is 4.14. The number of carbonyl (C=O) groups is 2. The van der Waals surface area contributed by atoms with Crippen LogP contribution in [-0.2, 0) is 63.6 Å². The highest BCUT2D eigenvalue weighted by Gasteiger charge is 2.55. The molecule has 2 fully saturated rings. The molecule has 3 aromatic carbocycles. The normalized spacial score (nSPS) is 23.3. The second-order valence-corrected chi connectivity index (χ2v) is 26.6. The highest BCUT2D eigenvalue weighted by atomic mass is 31.2. The van der Waals surface area contributed by atoms with Gasteiger partial charge in [0.15, 0.2) is 20.1 Å². The zero-order chi connectivity index (χ0) is 55.0. The fourth-order valence-corrected chi connectivity index (χ4v) is 11.9. The van der Waals surface area contributed by atoms with Gasteiger partial charge in [0, 0.05) is 25.0 Å². The summed E-state index contributed by atoms with van der Waals surface area (Å²) in [5.74, 6) is 0.304. The summed E-state index contributed by atoms with van der Waals surface area (Å²) in [6.07, 6.45) is -0.454. The van der Waals surface area contributed by atoms with Crippen LogP contribution in [-0.4, -0.2) is 123 Å². The van der Waals surface area contributed by atoms with E-state index >= 15 is 4.57 Å². The Morgan fingerprint density at radius 2 is 1.62 bits per heavy atom. The Hall–Kier alpha value is -5.96. The summed E-state index contributed by atoms with van der Waals surface area (Å²) in [6, 6.07) is 26.9. The number of nitrogens with two attached hydrogens (primary N) is 1. The second-order valence-electron chi connectivity index (χ2n) is 20.5. The summed E-state index contributed by atoms with van der Waals surface area (Å²) in [5, 5.41) is 12.0. The summed E-state index contributed by atoms with van der Waals surface area (Å²) < 4.78 is 80.7. The SMILES string of the molecule is COc1ccc(C(OC[C@H]2O[C@@H](n3cnc4c3N=C(N)NC4)[C@@H](CC(C)(C)[Si](C)(C)O)C2OP(=O)(OCCC#N)OC[C@H]2O[C@@H](N3C=CCOC3)C[C@H]2OC(=O)CCC(C)=O)(c2ccccc2)c2ccc(OC)cc2)cc1. The fraction of sp³-hybridized carbons (Fsp3) is 0.500. The summed E-state index contributed by atoms with van der Waals surface area (Å²) >= 11 is 0. The lowest BCUT2D eigenvalue weighted by atomic mass is 9.80. The lowest BCUT2D eigenvalue weighted by molar-refractivity contribution is -0.154. The molecule has 0 bridgehead atoms. The molecule has 0 saturated carbocycles. The Kier molecular flexibility index (Phi) is 18.4. The standard InChI is InChI=1S/C54H70N7O14PSi/c1-36(62)15-24-48(63)73-44-29-47(60-26-12-27-68-35-60)72-45(44)33-71-76(64,70-28-11-25-55)75-49-42(30-53(2,3)77(6,7)65)51(61-34-58-43-31-57-52(56)59-50(43)61)74-46(49)32-69-54(37-13-9-8-10-14-37,38-16-20-40(66-4)21-17-38)39-18-22-41(67-5)23-19-39/h8-10,12-14,16-23,26,34,42,44-47,49,51,65H,11,15,24,27-33,35H2,1-7H3,(H3,56,57,59)/t42-,44+,45+,46+,47+,49?,51+,76?/m0/s1. The van der Waals surface area contributed by atoms with Crippen molar-refractivity contribution in [2.75, 3.05) is 47.4 Å². The van der Waals surface area contributed by atoms with Crippen LogP contribution in [0.4, 0.5) is 5.82 Å². The van der Waals surface area contributed by atoms with Crippen molar-refractivity contribution in [2.45, 2.75) is 120 Å². The first kappa shape index (κ1) is 57.2. The molecular weight excluding hydrogens is 1030 g/mol. The number of imidazole rings is 1. The molecule has 4 aromatic rings. The molecule has 414 valence electrons. The molecule has 8 rings (SSSR count). The van der Waals surface area contributed by atoms with E-state index in [1.54, 1.807) is 30.0 Å². The maximum Gasteiger partial charge on any atom is 0.475 e. The number of hydrogen-bond donors (Lipinski definition) is 3. The third-order valence-electron chi connectivity index (χ3n) is 14.7. The molecule has 2 saturated heterocycles. The summed E-state index contributed by atoms with van der Waals surface area (Å²) in [7, 11) is -4.67. The van der Waals surface area contributed by atoms with Crippen LogP contribution >= 0.6 is 7.82 Å². The van der Waals surface area contributed by atoms with Crippen molar-refractivity contribution in [3.8, 4) is 17.6 Å². The molecule has 4 aliphatic rings. The summed E-state index contributed by atoms with van der Waals surface area (Å²) in [6.45, 7) is 8.92. The summed E-state index contributed by atoms with van der Waals surface area (Å²) in [5.41, 5.74) is 7.77. The molecule has 8 atom stereocenters. The molecule has 23 heteroatoms. The van der Waals surface area contributed by atoms with Crippen LogP contribution < -0.4 is 20.5 Å². The van der Waals surface area contributed by atoms with E-state index in [-0.39, 0.29) is 63.8 Å². The van der Waals surface area contributed by atoms with Gasteiger partial charge in [-0.2, -0.15) is 10.3 Å². The van der Waals surface area contributed by atoms with E-state index in [9.17, 15) is 19.6 Å². The molecule has 21 nitrogen and oxygen atoms in total. The average molecular weight is 1100 g/mol. The largest absolute Gasteiger partial charge is 0.497 e. The van der Waals surface area contributed by atoms with Crippen LogP contribution in [0.1, 0.15) is 81.5 Å². The van der Waals surface area contributed by atoms with Crippen LogP contribution in [0.3, 0.4) is 0 Å². The minimum absolute atomic E-state index is 0.0100. The van der Waals surface area contributed by atoms with E-state index in [1.807, 2.05) is 124 Å². The number of phosphoric ester groups is 1. The van der Waals surface area contributed by atoms with Crippen molar-refractivity contribution in [1.82, 2.24) is 19.8 Å². The molecule has 77 heavy (non-hydrogen) atoms. The number of Topliss-reactive ketones (excluding diaryl/α,β-unsaturated/α-hetero) is 1. The number of nitriles is 1. The monoisotopic (exact) mass is 1100 g/mol. The molecule has 0 amide bonds.